The van der Waals surface area contributed by atoms with E-state index in [1.54, 1.807) is 0 Å². The third-order valence-corrected chi connectivity index (χ3v) is 4.83. The number of fused-ring (bicyclic) bond motifs is 1. The smallest absolute Gasteiger partial charge is 0.222 e. The number of halogens is 1. The van der Waals surface area contributed by atoms with Gasteiger partial charge in [-0.15, -0.1) is 0 Å². The van der Waals surface area contributed by atoms with Gasteiger partial charge in [0, 0.05) is 41.2 Å². The molecule has 1 atom stereocenters. The summed E-state index contributed by atoms with van der Waals surface area (Å²) in [6.45, 7) is 2.86. The minimum absolute atomic E-state index is 0.166. The van der Waals surface area contributed by atoms with Gasteiger partial charge in [0.2, 0.25) is 5.91 Å². The van der Waals surface area contributed by atoms with E-state index in [1.165, 1.54) is 0 Å². The number of Topliss-reactive ketones (excluding diaryl/α,β-unsaturated/α-hetero) is 1. The minimum Gasteiger partial charge on any atom is -0.337 e. The Morgan fingerprint density at radius 1 is 1.25 bits per heavy atom. The van der Waals surface area contributed by atoms with Gasteiger partial charge in [0.15, 0.2) is 5.78 Å². The van der Waals surface area contributed by atoms with Gasteiger partial charge >= 0.3 is 0 Å². The fourth-order valence-corrected chi connectivity index (χ4v) is 3.36. The second-order valence-electron chi connectivity index (χ2n) is 5.44. The van der Waals surface area contributed by atoms with Crippen LogP contribution in [0.1, 0.15) is 23.2 Å². The van der Waals surface area contributed by atoms with Crippen LogP contribution in [0.5, 0.6) is 0 Å². The van der Waals surface area contributed by atoms with Crippen LogP contribution in [0, 0.1) is 3.57 Å². The maximum absolute atomic E-state index is 12.3. The maximum atomic E-state index is 12.3. The Kier molecular flexibility index (Phi) is 4.07. The number of carbonyl (C=O) groups is 2. The average molecular weight is 384 g/mol. The zero-order valence-corrected chi connectivity index (χ0v) is 13.4. The Hall–Kier alpha value is -0.950. The summed E-state index contributed by atoms with van der Waals surface area (Å²) in [7, 11) is 0. The summed E-state index contributed by atoms with van der Waals surface area (Å²) in [5.41, 5.74) is 0.773. The van der Waals surface area contributed by atoms with Crippen LogP contribution in [0.15, 0.2) is 24.3 Å². The van der Waals surface area contributed by atoms with Gasteiger partial charge < -0.3 is 4.90 Å². The number of rotatable bonds is 3. The molecule has 2 heterocycles. The first-order valence-electron chi connectivity index (χ1n) is 6.94. The molecule has 0 radical (unpaired) electrons. The van der Waals surface area contributed by atoms with E-state index in [0.717, 1.165) is 35.2 Å². The van der Waals surface area contributed by atoms with Gasteiger partial charge in [-0.05, 0) is 41.1 Å². The SMILES string of the molecule is O=C(CN1CCN2C(=O)CCC2C1)c1ccc(I)cc1. The van der Waals surface area contributed by atoms with Gasteiger partial charge in [0.1, 0.15) is 0 Å². The Labute approximate surface area is 132 Å². The Balaban J connectivity index is 1.60. The van der Waals surface area contributed by atoms with Crippen molar-refractivity contribution in [1.29, 1.82) is 0 Å². The summed E-state index contributed by atoms with van der Waals surface area (Å²) < 4.78 is 1.14. The van der Waals surface area contributed by atoms with Crippen molar-refractivity contribution < 1.29 is 9.59 Å². The van der Waals surface area contributed by atoms with Crippen LogP contribution in [-0.4, -0.2) is 53.7 Å². The number of piperazine rings is 1. The molecule has 0 bridgehead atoms. The van der Waals surface area contributed by atoms with Gasteiger partial charge in [-0.3, -0.25) is 14.5 Å². The number of carbonyl (C=O) groups excluding carboxylic acids is 2. The molecule has 1 aromatic carbocycles. The number of benzene rings is 1. The lowest BCUT2D eigenvalue weighted by Crippen LogP contribution is -2.52. The number of amides is 1. The molecule has 0 N–H and O–H groups in total. The van der Waals surface area contributed by atoms with Gasteiger partial charge in [0.25, 0.3) is 0 Å². The summed E-state index contributed by atoms with van der Waals surface area (Å²) in [4.78, 5) is 28.0. The van der Waals surface area contributed by atoms with Gasteiger partial charge in [-0.1, -0.05) is 12.1 Å². The molecule has 4 nitrogen and oxygen atoms in total. The van der Waals surface area contributed by atoms with E-state index in [4.69, 9.17) is 0 Å². The zero-order chi connectivity index (χ0) is 14.1. The molecule has 5 heteroatoms. The monoisotopic (exact) mass is 384 g/mol. The van der Waals surface area contributed by atoms with Crippen LogP contribution in [0.2, 0.25) is 0 Å². The number of hydrogen-bond acceptors (Lipinski definition) is 3. The second kappa shape index (κ2) is 5.81. The van der Waals surface area contributed by atoms with E-state index in [9.17, 15) is 9.59 Å². The molecule has 0 saturated carbocycles. The van der Waals surface area contributed by atoms with Crippen molar-refractivity contribution in [3.05, 3.63) is 33.4 Å². The highest BCUT2D eigenvalue weighted by Crippen LogP contribution is 2.22. The number of ketones is 1. The third kappa shape index (κ3) is 2.88. The summed E-state index contributed by atoms with van der Waals surface area (Å²) in [5, 5.41) is 0. The van der Waals surface area contributed by atoms with Crippen molar-refractivity contribution in [3.63, 3.8) is 0 Å². The largest absolute Gasteiger partial charge is 0.337 e. The van der Waals surface area contributed by atoms with Crippen molar-refractivity contribution in [2.24, 2.45) is 0 Å². The maximum Gasteiger partial charge on any atom is 0.222 e. The molecule has 1 aromatic rings. The molecular weight excluding hydrogens is 367 g/mol. The Morgan fingerprint density at radius 3 is 2.75 bits per heavy atom. The highest BCUT2D eigenvalue weighted by molar-refractivity contribution is 14.1. The topological polar surface area (TPSA) is 40.6 Å². The summed E-state index contributed by atoms with van der Waals surface area (Å²) >= 11 is 2.23. The molecule has 20 heavy (non-hydrogen) atoms. The van der Waals surface area contributed by atoms with E-state index in [0.29, 0.717) is 19.0 Å². The van der Waals surface area contributed by atoms with Crippen molar-refractivity contribution in [3.8, 4) is 0 Å². The standard InChI is InChI=1S/C15H17IN2O2/c16-12-3-1-11(2-4-12)14(19)10-17-7-8-18-13(9-17)5-6-15(18)20/h1-4,13H,5-10H2. The minimum atomic E-state index is 0.166. The zero-order valence-electron chi connectivity index (χ0n) is 11.2. The van der Waals surface area contributed by atoms with Crippen molar-refractivity contribution in [2.75, 3.05) is 26.2 Å². The average Bonchev–Trinajstić information content (AvgIpc) is 2.81. The molecule has 1 amide bonds. The van der Waals surface area contributed by atoms with E-state index in [2.05, 4.69) is 27.5 Å². The first kappa shape index (κ1) is 14.0. The molecule has 0 aromatic heterocycles. The highest BCUT2D eigenvalue weighted by Gasteiger charge is 2.35. The van der Waals surface area contributed by atoms with E-state index >= 15 is 0 Å². The van der Waals surface area contributed by atoms with Crippen LogP contribution < -0.4 is 0 Å². The highest BCUT2D eigenvalue weighted by atomic mass is 127. The van der Waals surface area contributed by atoms with E-state index in [1.807, 2.05) is 29.2 Å². The lowest BCUT2D eigenvalue weighted by atomic mass is 10.1. The molecule has 3 rings (SSSR count). The summed E-state index contributed by atoms with van der Waals surface area (Å²) in [6, 6.07) is 8.02. The second-order valence-corrected chi connectivity index (χ2v) is 6.69. The lowest BCUT2D eigenvalue weighted by Gasteiger charge is -2.37. The first-order chi connectivity index (χ1) is 9.63. The van der Waals surface area contributed by atoms with Crippen molar-refractivity contribution in [2.45, 2.75) is 18.9 Å². The Bertz CT molecular complexity index is 529. The molecule has 0 spiro atoms. The number of hydrogen-bond donors (Lipinski definition) is 0. The van der Waals surface area contributed by atoms with Gasteiger partial charge in [-0.25, -0.2) is 0 Å². The molecule has 2 fully saturated rings. The molecule has 2 saturated heterocycles. The molecular formula is C15H17IN2O2. The predicted molar refractivity (Wildman–Crippen MR) is 84.7 cm³/mol. The Morgan fingerprint density at radius 2 is 2.00 bits per heavy atom. The quantitative estimate of drug-likeness (QED) is 0.590. The van der Waals surface area contributed by atoms with Gasteiger partial charge in [-0.2, -0.15) is 0 Å². The van der Waals surface area contributed by atoms with Crippen LogP contribution in [0.4, 0.5) is 0 Å². The molecule has 1 unspecified atom stereocenters. The normalized spacial score (nSPS) is 22.9. The number of nitrogens with zero attached hydrogens (tertiary/aromatic N) is 2. The van der Waals surface area contributed by atoms with Crippen molar-refractivity contribution >= 4 is 34.3 Å². The fraction of sp³-hybridized carbons (Fsp3) is 0.467. The third-order valence-electron chi connectivity index (χ3n) is 4.11. The van der Waals surface area contributed by atoms with Crippen LogP contribution >= 0.6 is 22.6 Å². The summed E-state index contributed by atoms with van der Waals surface area (Å²) in [5.74, 6) is 0.442. The van der Waals surface area contributed by atoms with Gasteiger partial charge in [0.05, 0.1) is 6.54 Å². The first-order valence-corrected chi connectivity index (χ1v) is 8.02. The van der Waals surface area contributed by atoms with Crippen LogP contribution in [-0.2, 0) is 4.79 Å². The fourth-order valence-electron chi connectivity index (χ4n) is 3.00. The molecule has 0 aliphatic carbocycles. The lowest BCUT2D eigenvalue weighted by molar-refractivity contribution is -0.130. The summed E-state index contributed by atoms with van der Waals surface area (Å²) in [6.07, 6.45) is 1.61. The molecule has 2 aliphatic rings. The van der Waals surface area contributed by atoms with Crippen LogP contribution in [0.25, 0.3) is 0 Å². The van der Waals surface area contributed by atoms with Crippen molar-refractivity contribution in [1.82, 2.24) is 9.80 Å². The van der Waals surface area contributed by atoms with E-state index < -0.39 is 0 Å². The predicted octanol–water partition coefficient (Wildman–Crippen LogP) is 1.78. The molecule has 106 valence electrons. The molecule has 2 aliphatic heterocycles. The van der Waals surface area contributed by atoms with Crippen LogP contribution in [0.3, 0.4) is 0 Å². The van der Waals surface area contributed by atoms with E-state index in [-0.39, 0.29) is 11.7 Å².